The Morgan fingerprint density at radius 3 is 3.06 bits per heavy atom. The molecule has 2 heterocycles. The van der Waals surface area contributed by atoms with Crippen LogP contribution >= 0.6 is 0 Å². The molecular formula is C11H12FN5O. The van der Waals surface area contributed by atoms with Gasteiger partial charge in [0, 0.05) is 18.9 Å². The van der Waals surface area contributed by atoms with Crippen LogP contribution in [0.5, 0.6) is 0 Å². The summed E-state index contributed by atoms with van der Waals surface area (Å²) < 4.78 is 15.2. The predicted octanol–water partition coefficient (Wildman–Crippen LogP) is 1.27. The number of nitrogens with two attached hydrogens (primary N) is 1. The van der Waals surface area contributed by atoms with Gasteiger partial charge >= 0.3 is 0 Å². The van der Waals surface area contributed by atoms with E-state index in [4.69, 9.17) is 5.73 Å². The third-order valence-electron chi connectivity index (χ3n) is 2.38. The lowest BCUT2D eigenvalue weighted by atomic mass is 10.2. The minimum Gasteiger partial charge on any atom is -0.381 e. The van der Waals surface area contributed by atoms with Crippen molar-refractivity contribution in [3.8, 4) is 0 Å². The fraction of sp³-hybridized carbons (Fsp3) is 0.182. The molecule has 0 aliphatic rings. The lowest BCUT2D eigenvalue weighted by Crippen LogP contribution is -2.14. The minimum atomic E-state index is -0.821. The molecule has 0 fully saturated rings. The molecule has 2 aromatic heterocycles. The lowest BCUT2D eigenvalue weighted by molar-refractivity contribution is 0.102. The van der Waals surface area contributed by atoms with E-state index in [1.165, 1.54) is 18.5 Å². The second-order valence-electron chi connectivity index (χ2n) is 3.60. The van der Waals surface area contributed by atoms with Gasteiger partial charge in [-0.1, -0.05) is 0 Å². The number of halogens is 1. The van der Waals surface area contributed by atoms with Gasteiger partial charge in [0.2, 0.25) is 0 Å². The van der Waals surface area contributed by atoms with Crippen LogP contribution in [0.15, 0.2) is 24.7 Å². The van der Waals surface area contributed by atoms with Crippen LogP contribution in [-0.4, -0.2) is 20.7 Å². The quantitative estimate of drug-likeness (QED) is 0.857. The Hall–Kier alpha value is -2.44. The molecule has 0 unspecified atom stereocenters. The Bertz CT molecular complexity index is 581. The van der Waals surface area contributed by atoms with Gasteiger partial charge < -0.3 is 11.1 Å². The average Bonchev–Trinajstić information content (AvgIpc) is 2.80. The van der Waals surface area contributed by atoms with Gasteiger partial charge in [0.1, 0.15) is 0 Å². The number of hydrogen-bond acceptors (Lipinski definition) is 4. The first kappa shape index (κ1) is 12.0. The van der Waals surface area contributed by atoms with Gasteiger partial charge in [-0.25, -0.2) is 9.37 Å². The fourth-order valence-corrected chi connectivity index (χ4v) is 1.43. The largest absolute Gasteiger partial charge is 0.381 e. The minimum absolute atomic E-state index is 0.147. The number of nitrogens with zero attached hydrogens (tertiary/aromatic N) is 3. The number of carbonyl (C=O) groups excluding carboxylic acids is 1. The van der Waals surface area contributed by atoms with Crippen LogP contribution in [-0.2, 0) is 6.54 Å². The highest BCUT2D eigenvalue weighted by molar-refractivity contribution is 6.04. The van der Waals surface area contributed by atoms with Crippen molar-refractivity contribution in [1.29, 1.82) is 0 Å². The van der Waals surface area contributed by atoms with E-state index in [1.54, 1.807) is 10.9 Å². The van der Waals surface area contributed by atoms with Crippen LogP contribution in [0.4, 0.5) is 15.9 Å². The van der Waals surface area contributed by atoms with Crippen molar-refractivity contribution >= 4 is 17.4 Å². The molecular weight excluding hydrogens is 237 g/mol. The van der Waals surface area contributed by atoms with Gasteiger partial charge in [-0.05, 0) is 13.0 Å². The number of rotatable bonds is 3. The van der Waals surface area contributed by atoms with Crippen molar-refractivity contribution in [2.45, 2.75) is 13.5 Å². The van der Waals surface area contributed by atoms with Crippen molar-refractivity contribution < 1.29 is 9.18 Å². The molecule has 0 spiro atoms. The third kappa shape index (κ3) is 2.29. The molecule has 0 aliphatic heterocycles. The molecule has 0 radical (unpaired) electrons. The van der Waals surface area contributed by atoms with Gasteiger partial charge in [-0.3, -0.25) is 9.48 Å². The standard InChI is InChI=1S/C11H12FN5O/c1-2-17-6-7(5-15-17)16-11(18)8-3-4-14-10(13)9(8)12/h3-6H,2H2,1H3,(H2,13,14)(H,16,18). The van der Waals surface area contributed by atoms with E-state index in [9.17, 15) is 9.18 Å². The molecule has 0 saturated heterocycles. The molecule has 94 valence electrons. The number of aromatic nitrogens is 3. The van der Waals surface area contributed by atoms with Crippen LogP contribution in [0.2, 0.25) is 0 Å². The molecule has 3 N–H and O–H groups in total. The summed E-state index contributed by atoms with van der Waals surface area (Å²) >= 11 is 0. The van der Waals surface area contributed by atoms with Crippen molar-refractivity contribution in [3.05, 3.63) is 36.0 Å². The number of carbonyl (C=O) groups is 1. The first-order valence-corrected chi connectivity index (χ1v) is 5.35. The third-order valence-corrected chi connectivity index (χ3v) is 2.38. The second kappa shape index (κ2) is 4.82. The molecule has 2 aromatic rings. The second-order valence-corrected chi connectivity index (χ2v) is 3.60. The molecule has 0 saturated carbocycles. The molecule has 0 bridgehead atoms. The maximum atomic E-state index is 13.6. The monoisotopic (exact) mass is 249 g/mol. The highest BCUT2D eigenvalue weighted by Gasteiger charge is 2.15. The summed E-state index contributed by atoms with van der Waals surface area (Å²) in [7, 11) is 0. The number of hydrogen-bond donors (Lipinski definition) is 2. The zero-order valence-electron chi connectivity index (χ0n) is 9.72. The normalized spacial score (nSPS) is 10.3. The number of aryl methyl sites for hydroxylation is 1. The van der Waals surface area contributed by atoms with E-state index < -0.39 is 11.7 Å². The molecule has 2 rings (SSSR count). The zero-order valence-corrected chi connectivity index (χ0v) is 9.72. The van der Waals surface area contributed by atoms with Crippen LogP contribution in [0.3, 0.4) is 0 Å². The smallest absolute Gasteiger partial charge is 0.258 e. The van der Waals surface area contributed by atoms with Gasteiger partial charge in [-0.2, -0.15) is 5.10 Å². The first-order chi connectivity index (χ1) is 8.61. The molecule has 1 amide bonds. The van der Waals surface area contributed by atoms with Crippen molar-refractivity contribution in [2.75, 3.05) is 11.1 Å². The Labute approximate surface area is 103 Å². The lowest BCUT2D eigenvalue weighted by Gasteiger charge is -2.04. The molecule has 6 nitrogen and oxygen atoms in total. The van der Waals surface area contributed by atoms with Gasteiger partial charge in [0.15, 0.2) is 11.6 Å². The summed E-state index contributed by atoms with van der Waals surface area (Å²) in [6, 6.07) is 1.27. The first-order valence-electron chi connectivity index (χ1n) is 5.35. The van der Waals surface area contributed by atoms with Crippen LogP contribution in [0.25, 0.3) is 0 Å². The Morgan fingerprint density at radius 2 is 2.39 bits per heavy atom. The van der Waals surface area contributed by atoms with Crippen molar-refractivity contribution in [3.63, 3.8) is 0 Å². The average molecular weight is 249 g/mol. The maximum absolute atomic E-state index is 13.6. The van der Waals surface area contributed by atoms with Crippen LogP contribution in [0, 0.1) is 5.82 Å². The Morgan fingerprint density at radius 1 is 1.61 bits per heavy atom. The molecule has 0 atom stereocenters. The van der Waals surface area contributed by atoms with Crippen molar-refractivity contribution in [1.82, 2.24) is 14.8 Å². The van der Waals surface area contributed by atoms with Gasteiger partial charge in [-0.15, -0.1) is 0 Å². The van der Waals surface area contributed by atoms with E-state index in [-0.39, 0.29) is 11.4 Å². The van der Waals surface area contributed by atoms with Crippen molar-refractivity contribution in [2.24, 2.45) is 0 Å². The summed E-state index contributed by atoms with van der Waals surface area (Å²) in [5, 5.41) is 6.53. The number of nitrogens with one attached hydrogen (secondary N) is 1. The summed E-state index contributed by atoms with van der Waals surface area (Å²) in [4.78, 5) is 15.4. The number of nitrogen functional groups attached to an aromatic ring is 1. The zero-order chi connectivity index (χ0) is 13.1. The molecule has 7 heteroatoms. The topological polar surface area (TPSA) is 85.8 Å². The van der Waals surface area contributed by atoms with E-state index in [0.717, 1.165) is 0 Å². The predicted molar refractivity (Wildman–Crippen MR) is 64.5 cm³/mol. The molecule has 0 aliphatic carbocycles. The van der Waals surface area contributed by atoms with E-state index in [1.807, 2.05) is 6.92 Å². The molecule has 18 heavy (non-hydrogen) atoms. The van der Waals surface area contributed by atoms with E-state index >= 15 is 0 Å². The van der Waals surface area contributed by atoms with Crippen LogP contribution < -0.4 is 11.1 Å². The fourth-order valence-electron chi connectivity index (χ4n) is 1.43. The number of pyridine rings is 1. The van der Waals surface area contributed by atoms with E-state index in [0.29, 0.717) is 12.2 Å². The van der Waals surface area contributed by atoms with E-state index in [2.05, 4.69) is 15.4 Å². The Balaban J connectivity index is 2.19. The SMILES string of the molecule is CCn1cc(NC(=O)c2ccnc(N)c2F)cn1. The number of amides is 1. The Kier molecular flexibility index (Phi) is 3.22. The molecule has 0 aromatic carbocycles. The summed E-state index contributed by atoms with van der Waals surface area (Å²) in [5.41, 5.74) is 5.65. The summed E-state index contributed by atoms with van der Waals surface area (Å²) in [6.45, 7) is 2.61. The number of anilines is 2. The summed E-state index contributed by atoms with van der Waals surface area (Å²) in [5.74, 6) is -1.71. The maximum Gasteiger partial charge on any atom is 0.258 e. The highest BCUT2D eigenvalue weighted by atomic mass is 19.1. The highest BCUT2D eigenvalue weighted by Crippen LogP contribution is 2.14. The van der Waals surface area contributed by atoms with Gasteiger partial charge in [0.05, 0.1) is 17.4 Å². The summed E-state index contributed by atoms with van der Waals surface area (Å²) in [6.07, 6.45) is 4.42. The van der Waals surface area contributed by atoms with Gasteiger partial charge in [0.25, 0.3) is 5.91 Å². The van der Waals surface area contributed by atoms with Crippen LogP contribution in [0.1, 0.15) is 17.3 Å².